The molecule has 0 saturated heterocycles. The fourth-order valence-electron chi connectivity index (χ4n) is 1.97. The van der Waals surface area contributed by atoms with Crippen LogP contribution in [0.2, 0.25) is 0 Å². The molecule has 0 radical (unpaired) electrons. The largest absolute Gasteiger partial charge is 0.388 e. The highest BCUT2D eigenvalue weighted by molar-refractivity contribution is 7.89. The molecule has 0 fully saturated rings. The molecule has 0 spiro atoms. The molecule has 1 atom stereocenters. The Balaban J connectivity index is 2.04. The molecule has 23 heavy (non-hydrogen) atoms. The highest BCUT2D eigenvalue weighted by atomic mass is 32.2. The fourth-order valence-corrected chi connectivity index (χ4v) is 3.08. The lowest BCUT2D eigenvalue weighted by atomic mass is 10.1. The standard InChI is InChI=1S/C15H14F3NO3S/c16-11-6-7-13(15(18)14(11)17)23(21,22)19-9-8-12(20)10-4-2-1-3-5-10/h1-7,12,19-20H,8-9H2. The molecule has 0 aromatic heterocycles. The van der Waals surface area contributed by atoms with Crippen molar-refractivity contribution in [2.45, 2.75) is 17.4 Å². The molecule has 0 heterocycles. The van der Waals surface area contributed by atoms with Gasteiger partial charge in [-0.3, -0.25) is 0 Å². The molecule has 0 aliphatic heterocycles. The van der Waals surface area contributed by atoms with Crippen LogP contribution in [-0.2, 0) is 10.0 Å². The van der Waals surface area contributed by atoms with Crippen molar-refractivity contribution < 1.29 is 26.7 Å². The lowest BCUT2D eigenvalue weighted by molar-refractivity contribution is 0.169. The Morgan fingerprint density at radius 1 is 1.00 bits per heavy atom. The molecule has 0 amide bonds. The molecule has 0 bridgehead atoms. The Bertz CT molecular complexity index is 782. The van der Waals surface area contributed by atoms with Gasteiger partial charge < -0.3 is 5.11 Å². The van der Waals surface area contributed by atoms with E-state index in [0.717, 1.165) is 0 Å². The highest BCUT2D eigenvalue weighted by Crippen LogP contribution is 2.20. The molecule has 2 N–H and O–H groups in total. The molecule has 8 heteroatoms. The van der Waals surface area contributed by atoms with Gasteiger partial charge in [0.2, 0.25) is 10.0 Å². The van der Waals surface area contributed by atoms with Gasteiger partial charge in [0.1, 0.15) is 4.90 Å². The molecule has 2 rings (SSSR count). The van der Waals surface area contributed by atoms with Crippen molar-refractivity contribution in [1.82, 2.24) is 4.72 Å². The van der Waals surface area contributed by atoms with Gasteiger partial charge in [-0.15, -0.1) is 0 Å². The van der Waals surface area contributed by atoms with Crippen molar-refractivity contribution in [2.75, 3.05) is 6.54 Å². The first-order valence-corrected chi connectivity index (χ1v) is 8.17. The summed E-state index contributed by atoms with van der Waals surface area (Å²) < 4.78 is 65.3. The molecular formula is C15H14F3NO3S. The normalized spacial score (nSPS) is 13.0. The van der Waals surface area contributed by atoms with Crippen LogP contribution in [0.15, 0.2) is 47.4 Å². The minimum Gasteiger partial charge on any atom is -0.388 e. The number of sulfonamides is 1. The summed E-state index contributed by atoms with van der Waals surface area (Å²) in [5.41, 5.74) is 0.603. The fraction of sp³-hybridized carbons (Fsp3) is 0.200. The van der Waals surface area contributed by atoms with Gasteiger partial charge in [-0.25, -0.2) is 26.3 Å². The first kappa shape index (κ1) is 17.5. The average molecular weight is 345 g/mol. The third-order valence-electron chi connectivity index (χ3n) is 3.18. The maximum Gasteiger partial charge on any atom is 0.243 e. The molecule has 0 aliphatic carbocycles. The minimum absolute atomic E-state index is 0.0362. The van der Waals surface area contributed by atoms with E-state index in [2.05, 4.69) is 0 Å². The summed E-state index contributed by atoms with van der Waals surface area (Å²) in [6.45, 7) is -0.198. The first-order chi connectivity index (χ1) is 10.8. The highest BCUT2D eigenvalue weighted by Gasteiger charge is 2.23. The summed E-state index contributed by atoms with van der Waals surface area (Å²) in [7, 11) is -4.35. The second-order valence-electron chi connectivity index (χ2n) is 4.79. The van der Waals surface area contributed by atoms with E-state index in [0.29, 0.717) is 17.7 Å². The quantitative estimate of drug-likeness (QED) is 0.791. The van der Waals surface area contributed by atoms with E-state index < -0.39 is 38.5 Å². The molecule has 2 aromatic rings. The van der Waals surface area contributed by atoms with Crippen LogP contribution in [-0.4, -0.2) is 20.1 Å². The van der Waals surface area contributed by atoms with Crippen molar-refractivity contribution in [1.29, 1.82) is 0 Å². The van der Waals surface area contributed by atoms with Crippen LogP contribution in [0.4, 0.5) is 13.2 Å². The van der Waals surface area contributed by atoms with Gasteiger partial charge in [-0.1, -0.05) is 30.3 Å². The van der Waals surface area contributed by atoms with E-state index in [1.807, 2.05) is 4.72 Å². The zero-order chi connectivity index (χ0) is 17.0. The molecular weight excluding hydrogens is 331 g/mol. The second-order valence-corrected chi connectivity index (χ2v) is 6.52. The zero-order valence-corrected chi connectivity index (χ0v) is 12.7. The number of benzene rings is 2. The van der Waals surface area contributed by atoms with Gasteiger partial charge in [0.05, 0.1) is 6.10 Å². The molecule has 1 unspecified atom stereocenters. The predicted octanol–water partition coefficient (Wildman–Crippen LogP) is 2.51. The van der Waals surface area contributed by atoms with Crippen molar-refractivity contribution in [3.8, 4) is 0 Å². The van der Waals surface area contributed by atoms with E-state index in [1.54, 1.807) is 30.3 Å². The van der Waals surface area contributed by atoms with E-state index in [4.69, 9.17) is 0 Å². The van der Waals surface area contributed by atoms with Crippen LogP contribution in [0.25, 0.3) is 0 Å². The number of aliphatic hydroxyl groups excluding tert-OH is 1. The number of hydrogen-bond acceptors (Lipinski definition) is 3. The summed E-state index contributed by atoms with van der Waals surface area (Å²) in [4.78, 5) is -0.981. The maximum absolute atomic E-state index is 13.5. The van der Waals surface area contributed by atoms with Gasteiger partial charge in [0.25, 0.3) is 0 Å². The summed E-state index contributed by atoms with van der Waals surface area (Å²) in [5, 5.41) is 9.90. The van der Waals surface area contributed by atoms with E-state index >= 15 is 0 Å². The van der Waals surface area contributed by atoms with Gasteiger partial charge in [-0.2, -0.15) is 0 Å². The third kappa shape index (κ3) is 4.10. The Kier molecular flexibility index (Phi) is 5.40. The van der Waals surface area contributed by atoms with Crippen molar-refractivity contribution in [3.63, 3.8) is 0 Å². The third-order valence-corrected chi connectivity index (χ3v) is 4.66. The van der Waals surface area contributed by atoms with E-state index in [1.165, 1.54) is 0 Å². The smallest absolute Gasteiger partial charge is 0.243 e. The van der Waals surface area contributed by atoms with E-state index in [-0.39, 0.29) is 13.0 Å². The van der Waals surface area contributed by atoms with Gasteiger partial charge >= 0.3 is 0 Å². The van der Waals surface area contributed by atoms with Crippen LogP contribution in [0, 0.1) is 17.5 Å². The lowest BCUT2D eigenvalue weighted by Crippen LogP contribution is -2.27. The van der Waals surface area contributed by atoms with E-state index in [9.17, 15) is 26.7 Å². The lowest BCUT2D eigenvalue weighted by Gasteiger charge is -2.12. The summed E-state index contributed by atoms with van der Waals surface area (Å²) in [6.07, 6.45) is -0.872. The molecule has 2 aromatic carbocycles. The average Bonchev–Trinajstić information content (AvgIpc) is 2.53. The zero-order valence-electron chi connectivity index (χ0n) is 11.8. The number of nitrogens with one attached hydrogen (secondary N) is 1. The van der Waals surface area contributed by atoms with Crippen LogP contribution >= 0.6 is 0 Å². The predicted molar refractivity (Wildman–Crippen MR) is 77.5 cm³/mol. The number of aliphatic hydroxyl groups is 1. The minimum atomic E-state index is -4.35. The molecule has 124 valence electrons. The summed E-state index contributed by atoms with van der Waals surface area (Å²) in [5.74, 6) is -5.10. The topological polar surface area (TPSA) is 66.4 Å². The van der Waals surface area contributed by atoms with Gasteiger partial charge in [-0.05, 0) is 24.1 Å². The molecule has 0 saturated carbocycles. The summed E-state index contributed by atoms with van der Waals surface area (Å²) >= 11 is 0. The Morgan fingerprint density at radius 2 is 1.65 bits per heavy atom. The van der Waals surface area contributed by atoms with Gasteiger partial charge in [0, 0.05) is 6.54 Å². The second kappa shape index (κ2) is 7.12. The van der Waals surface area contributed by atoms with Crippen LogP contribution in [0.3, 0.4) is 0 Å². The number of rotatable bonds is 6. The Morgan fingerprint density at radius 3 is 2.30 bits per heavy atom. The van der Waals surface area contributed by atoms with Crippen molar-refractivity contribution in [2.24, 2.45) is 0 Å². The Labute approximate surface area is 131 Å². The number of halogens is 3. The van der Waals surface area contributed by atoms with Crippen molar-refractivity contribution >= 4 is 10.0 Å². The Hall–Kier alpha value is -1.90. The monoisotopic (exact) mass is 345 g/mol. The van der Waals surface area contributed by atoms with Crippen LogP contribution < -0.4 is 4.72 Å². The number of hydrogen-bond donors (Lipinski definition) is 2. The SMILES string of the molecule is O=S(=O)(NCCC(O)c1ccccc1)c1ccc(F)c(F)c1F. The molecule has 0 aliphatic rings. The van der Waals surface area contributed by atoms with Crippen LogP contribution in [0.1, 0.15) is 18.1 Å². The van der Waals surface area contributed by atoms with Crippen LogP contribution in [0.5, 0.6) is 0 Å². The molecule has 4 nitrogen and oxygen atoms in total. The first-order valence-electron chi connectivity index (χ1n) is 6.69. The van der Waals surface area contributed by atoms with Crippen molar-refractivity contribution in [3.05, 3.63) is 65.5 Å². The van der Waals surface area contributed by atoms with Gasteiger partial charge in [0.15, 0.2) is 17.5 Å². The maximum atomic E-state index is 13.5. The summed E-state index contributed by atoms with van der Waals surface area (Å²) in [6, 6.07) is 9.74.